The lowest BCUT2D eigenvalue weighted by atomic mass is 10.2. The van der Waals surface area contributed by atoms with Crippen molar-refractivity contribution in [3.8, 4) is 5.75 Å². The van der Waals surface area contributed by atoms with Crippen molar-refractivity contribution >= 4 is 21.9 Å². The Morgan fingerprint density at radius 3 is 2.54 bits per heavy atom. The second kappa shape index (κ2) is 3.53. The molecule has 4 nitrogen and oxygen atoms in total. The molecule has 0 fully saturated rings. The molecule has 0 spiro atoms. The van der Waals surface area contributed by atoms with E-state index in [0.29, 0.717) is 0 Å². The standard InChI is InChI=1S/C7H8ClNO3S/c1-5-2-3-7(6(8)4-5)12-13(9,10)11/h2-4H,1H3,(H2,9,10,11). The maximum Gasteiger partial charge on any atom is 0.380 e. The molecule has 2 N–H and O–H groups in total. The highest BCUT2D eigenvalue weighted by atomic mass is 35.5. The van der Waals surface area contributed by atoms with Crippen LogP contribution in [-0.4, -0.2) is 8.42 Å². The van der Waals surface area contributed by atoms with Gasteiger partial charge >= 0.3 is 10.3 Å². The molecule has 0 heterocycles. The van der Waals surface area contributed by atoms with E-state index in [9.17, 15) is 8.42 Å². The summed E-state index contributed by atoms with van der Waals surface area (Å²) < 4.78 is 25.5. The number of hydrogen-bond acceptors (Lipinski definition) is 3. The predicted molar refractivity (Wildman–Crippen MR) is 49.9 cm³/mol. The molecule has 0 aliphatic heterocycles. The smallest absolute Gasteiger partial charge is 0.369 e. The van der Waals surface area contributed by atoms with Gasteiger partial charge < -0.3 is 4.18 Å². The van der Waals surface area contributed by atoms with E-state index in [1.807, 2.05) is 6.92 Å². The number of rotatable bonds is 2. The van der Waals surface area contributed by atoms with Crippen LogP contribution in [0, 0.1) is 6.92 Å². The summed E-state index contributed by atoms with van der Waals surface area (Å²) in [6.45, 7) is 1.83. The van der Waals surface area contributed by atoms with Crippen molar-refractivity contribution in [2.45, 2.75) is 6.92 Å². The summed E-state index contributed by atoms with van der Waals surface area (Å²) in [6.07, 6.45) is 0. The fraction of sp³-hybridized carbons (Fsp3) is 0.143. The van der Waals surface area contributed by atoms with Gasteiger partial charge in [-0.25, -0.2) is 0 Å². The van der Waals surface area contributed by atoms with E-state index in [1.54, 1.807) is 12.1 Å². The van der Waals surface area contributed by atoms with Gasteiger partial charge in [-0.1, -0.05) is 17.7 Å². The lowest BCUT2D eigenvalue weighted by Gasteiger charge is -2.04. The van der Waals surface area contributed by atoms with E-state index < -0.39 is 10.3 Å². The van der Waals surface area contributed by atoms with Gasteiger partial charge in [0.05, 0.1) is 5.02 Å². The molecule has 13 heavy (non-hydrogen) atoms. The van der Waals surface area contributed by atoms with Gasteiger partial charge in [0.1, 0.15) is 0 Å². The summed E-state index contributed by atoms with van der Waals surface area (Å²) in [7, 11) is -4.00. The summed E-state index contributed by atoms with van der Waals surface area (Å²) in [4.78, 5) is 0. The van der Waals surface area contributed by atoms with Crippen LogP contribution in [0.15, 0.2) is 18.2 Å². The molecule has 6 heteroatoms. The van der Waals surface area contributed by atoms with Crippen molar-refractivity contribution < 1.29 is 12.6 Å². The van der Waals surface area contributed by atoms with Crippen LogP contribution >= 0.6 is 11.6 Å². The maximum atomic E-state index is 10.5. The first-order chi connectivity index (χ1) is 5.88. The first-order valence-corrected chi connectivity index (χ1v) is 5.22. The molecule has 0 saturated carbocycles. The molecule has 72 valence electrons. The van der Waals surface area contributed by atoms with Crippen molar-refractivity contribution in [1.29, 1.82) is 0 Å². The van der Waals surface area contributed by atoms with E-state index in [-0.39, 0.29) is 10.8 Å². The van der Waals surface area contributed by atoms with Gasteiger partial charge in [-0.3, -0.25) is 0 Å². The van der Waals surface area contributed by atoms with Crippen LogP contribution in [0.2, 0.25) is 5.02 Å². The lowest BCUT2D eigenvalue weighted by Crippen LogP contribution is -2.19. The predicted octanol–water partition coefficient (Wildman–Crippen LogP) is 1.23. The molecule has 0 bridgehead atoms. The highest BCUT2D eigenvalue weighted by Crippen LogP contribution is 2.25. The third kappa shape index (κ3) is 3.22. The van der Waals surface area contributed by atoms with Crippen molar-refractivity contribution in [3.05, 3.63) is 28.8 Å². The van der Waals surface area contributed by atoms with Crippen LogP contribution in [-0.2, 0) is 10.3 Å². The van der Waals surface area contributed by atoms with E-state index in [1.165, 1.54) is 6.07 Å². The monoisotopic (exact) mass is 221 g/mol. The minimum absolute atomic E-state index is 0.0368. The molecule has 0 aromatic heterocycles. The van der Waals surface area contributed by atoms with Crippen LogP contribution in [0.25, 0.3) is 0 Å². The van der Waals surface area contributed by atoms with Crippen LogP contribution in [0.4, 0.5) is 0 Å². The molecule has 1 rings (SSSR count). The van der Waals surface area contributed by atoms with E-state index >= 15 is 0 Å². The quantitative estimate of drug-likeness (QED) is 0.817. The van der Waals surface area contributed by atoms with Gasteiger partial charge in [0.25, 0.3) is 0 Å². The molecule has 1 aromatic rings. The van der Waals surface area contributed by atoms with E-state index in [0.717, 1.165) is 5.56 Å². The number of nitrogens with two attached hydrogens (primary N) is 1. The lowest BCUT2D eigenvalue weighted by molar-refractivity contribution is 0.488. The summed E-state index contributed by atoms with van der Waals surface area (Å²) in [6, 6.07) is 4.70. The fourth-order valence-electron chi connectivity index (χ4n) is 0.799. The second-order valence-corrected chi connectivity index (χ2v) is 4.07. The van der Waals surface area contributed by atoms with Gasteiger partial charge in [0, 0.05) is 0 Å². The molecule has 0 unspecified atom stereocenters. The molecule has 0 atom stereocenters. The average Bonchev–Trinajstić information content (AvgIpc) is 1.93. The van der Waals surface area contributed by atoms with Gasteiger partial charge in [-0.15, -0.1) is 0 Å². The molecular weight excluding hydrogens is 214 g/mol. The zero-order chi connectivity index (χ0) is 10.1. The summed E-state index contributed by atoms with van der Waals surface area (Å²) in [5.74, 6) is 0.0368. The highest BCUT2D eigenvalue weighted by molar-refractivity contribution is 7.84. The first kappa shape index (κ1) is 10.3. The van der Waals surface area contributed by atoms with Crippen molar-refractivity contribution in [2.75, 3.05) is 0 Å². The molecule has 0 aliphatic rings. The Morgan fingerprint density at radius 1 is 1.46 bits per heavy atom. The number of hydrogen-bond donors (Lipinski definition) is 1. The summed E-state index contributed by atoms with van der Waals surface area (Å²) in [5.41, 5.74) is 0.909. The third-order valence-corrected chi connectivity index (χ3v) is 2.00. The molecule has 0 radical (unpaired) electrons. The molecule has 1 aromatic carbocycles. The van der Waals surface area contributed by atoms with Crippen LogP contribution in [0.1, 0.15) is 5.56 Å². The van der Waals surface area contributed by atoms with Crippen molar-refractivity contribution in [2.24, 2.45) is 5.14 Å². The minimum Gasteiger partial charge on any atom is -0.369 e. The SMILES string of the molecule is Cc1ccc(OS(N)(=O)=O)c(Cl)c1. The van der Waals surface area contributed by atoms with Gasteiger partial charge in [0.15, 0.2) is 5.75 Å². The number of aryl methyl sites for hydroxylation is 1. The Kier molecular flexibility index (Phi) is 2.80. The topological polar surface area (TPSA) is 69.4 Å². The maximum absolute atomic E-state index is 10.5. The Labute approximate surface area is 81.5 Å². The summed E-state index contributed by atoms with van der Waals surface area (Å²) >= 11 is 5.69. The van der Waals surface area contributed by atoms with Gasteiger partial charge in [-0.05, 0) is 24.6 Å². The molecular formula is C7H8ClNO3S. The van der Waals surface area contributed by atoms with Crippen molar-refractivity contribution in [3.63, 3.8) is 0 Å². The normalized spacial score (nSPS) is 11.3. The number of halogens is 1. The second-order valence-electron chi connectivity index (χ2n) is 2.51. The fourth-order valence-corrected chi connectivity index (χ4v) is 1.51. The highest BCUT2D eigenvalue weighted by Gasteiger charge is 2.08. The van der Waals surface area contributed by atoms with E-state index in [4.69, 9.17) is 11.6 Å². The molecule has 0 amide bonds. The number of benzene rings is 1. The Morgan fingerprint density at radius 2 is 2.08 bits per heavy atom. The first-order valence-electron chi connectivity index (χ1n) is 3.37. The van der Waals surface area contributed by atoms with Crippen molar-refractivity contribution in [1.82, 2.24) is 0 Å². The van der Waals surface area contributed by atoms with Gasteiger partial charge in [-0.2, -0.15) is 13.6 Å². The molecule has 0 aliphatic carbocycles. The third-order valence-electron chi connectivity index (χ3n) is 1.29. The Bertz CT molecular complexity index is 416. The van der Waals surface area contributed by atoms with Gasteiger partial charge in [0.2, 0.25) is 0 Å². The zero-order valence-electron chi connectivity index (χ0n) is 6.82. The Hall–Kier alpha value is -0.780. The Balaban J connectivity index is 3.04. The largest absolute Gasteiger partial charge is 0.380 e. The molecule has 0 saturated heterocycles. The minimum atomic E-state index is -4.00. The van der Waals surface area contributed by atoms with Crippen LogP contribution in [0.5, 0.6) is 5.75 Å². The van der Waals surface area contributed by atoms with Crippen LogP contribution in [0.3, 0.4) is 0 Å². The van der Waals surface area contributed by atoms with E-state index in [2.05, 4.69) is 9.32 Å². The van der Waals surface area contributed by atoms with Crippen LogP contribution < -0.4 is 9.32 Å². The summed E-state index contributed by atoms with van der Waals surface area (Å²) in [5, 5.41) is 4.88. The average molecular weight is 222 g/mol. The zero-order valence-corrected chi connectivity index (χ0v) is 8.39.